The number of carbonyl (C=O) groups is 1. The van der Waals surface area contributed by atoms with Crippen molar-refractivity contribution in [3.05, 3.63) is 53.3 Å². The number of halogens is 1. The summed E-state index contributed by atoms with van der Waals surface area (Å²) in [5.41, 5.74) is 1.48. The number of benzene rings is 2. The molecule has 0 saturated heterocycles. The fourth-order valence-electron chi connectivity index (χ4n) is 2.65. The largest absolute Gasteiger partial charge is 0.435 e. The molecule has 0 fully saturated rings. The molecule has 0 N–H and O–H groups in total. The molecule has 94 valence electrons. The van der Waals surface area contributed by atoms with E-state index < -0.39 is 5.25 Å². The van der Waals surface area contributed by atoms with E-state index in [1.165, 1.54) is 0 Å². The normalized spacial score (nSPS) is 24.2. The third-order valence-corrected chi connectivity index (χ3v) is 3.53. The van der Waals surface area contributed by atoms with Gasteiger partial charge in [0.05, 0.1) is 0 Å². The number of alkyl halides is 1. The lowest BCUT2D eigenvalue weighted by molar-refractivity contribution is -0.0494. The third-order valence-electron chi connectivity index (χ3n) is 3.38. The molecule has 4 heteroatoms. The highest BCUT2D eigenvalue weighted by Gasteiger charge is 2.43. The van der Waals surface area contributed by atoms with Crippen molar-refractivity contribution in [1.82, 2.24) is 0 Å². The number of Topliss-reactive ketones (excluding diaryl/α,β-unsaturated/α-hetero) is 1. The molecule has 1 aliphatic carbocycles. The van der Waals surface area contributed by atoms with Crippen molar-refractivity contribution in [2.45, 2.75) is 12.2 Å². The molecule has 0 bridgehead atoms. The van der Waals surface area contributed by atoms with Gasteiger partial charge >= 0.3 is 5.25 Å². The minimum atomic E-state index is -1.31. The lowest BCUT2D eigenvalue weighted by Gasteiger charge is -2.15. The molecule has 0 saturated carbocycles. The van der Waals surface area contributed by atoms with Crippen molar-refractivity contribution in [3.63, 3.8) is 0 Å². The van der Waals surface area contributed by atoms with Crippen LogP contribution < -0.4 is 0 Å². The Balaban J connectivity index is 2.10. The first-order valence-corrected chi connectivity index (χ1v) is 6.33. The molecule has 19 heavy (non-hydrogen) atoms. The summed E-state index contributed by atoms with van der Waals surface area (Å²) in [6.45, 7) is 1.57. The first-order chi connectivity index (χ1) is 9.07. The van der Waals surface area contributed by atoms with E-state index in [-0.39, 0.29) is 11.5 Å². The molecule has 1 aliphatic heterocycles. The van der Waals surface area contributed by atoms with E-state index in [1.54, 1.807) is 13.0 Å². The topological polar surface area (TPSA) is 35.5 Å². The van der Waals surface area contributed by atoms with Gasteiger partial charge in [0.15, 0.2) is 5.76 Å². The van der Waals surface area contributed by atoms with Crippen LogP contribution in [0.1, 0.15) is 22.8 Å². The lowest BCUT2D eigenvalue weighted by atomic mass is 9.90. The molecular weight excluding hydrogens is 264 g/mol. The van der Waals surface area contributed by atoms with Crippen LogP contribution in [0.25, 0.3) is 16.5 Å². The van der Waals surface area contributed by atoms with Crippen molar-refractivity contribution >= 4 is 33.9 Å². The maximum Gasteiger partial charge on any atom is 0.330 e. The summed E-state index contributed by atoms with van der Waals surface area (Å²) in [7, 11) is 0. The van der Waals surface area contributed by atoms with Crippen LogP contribution in [0.15, 0.2) is 42.2 Å². The summed E-state index contributed by atoms with van der Waals surface area (Å²) in [5, 5.41) is 0.582. The zero-order valence-electron chi connectivity index (χ0n) is 10.1. The summed E-state index contributed by atoms with van der Waals surface area (Å²) >= 11 is 6.05. The summed E-state index contributed by atoms with van der Waals surface area (Å²) in [5.74, 6) is 0.458. The van der Waals surface area contributed by atoms with Gasteiger partial charge < -0.3 is 9.47 Å². The van der Waals surface area contributed by atoms with Crippen LogP contribution in [0.3, 0.4) is 0 Å². The molecule has 0 amide bonds. The minimum Gasteiger partial charge on any atom is -0.435 e. The first kappa shape index (κ1) is 10.9. The number of fused-ring (bicyclic) bond motifs is 1. The number of allylic oxidation sites excluding steroid dienone is 1. The molecular formula is C15H9ClO3. The Morgan fingerprint density at radius 2 is 1.63 bits per heavy atom. The standard InChI is InChI=1S/C15H9ClO3/c1-15(16)18-13-10-7-3-5-8-4-2-6-9(11(8)10)12(17)14(13)19-15/h2-7H,1H3. The van der Waals surface area contributed by atoms with E-state index in [0.717, 1.165) is 16.3 Å². The van der Waals surface area contributed by atoms with Gasteiger partial charge in [-0.25, -0.2) is 0 Å². The molecule has 2 aliphatic rings. The average Bonchev–Trinajstić information content (AvgIpc) is 2.72. The molecule has 1 heterocycles. The van der Waals surface area contributed by atoms with Crippen LogP contribution in [-0.2, 0) is 9.47 Å². The van der Waals surface area contributed by atoms with E-state index in [1.807, 2.05) is 30.3 Å². The molecule has 0 aromatic heterocycles. The van der Waals surface area contributed by atoms with Gasteiger partial charge in [-0.15, -0.1) is 0 Å². The predicted molar refractivity (Wildman–Crippen MR) is 71.6 cm³/mol. The molecule has 1 atom stereocenters. The smallest absolute Gasteiger partial charge is 0.330 e. The Morgan fingerprint density at radius 1 is 1.00 bits per heavy atom. The van der Waals surface area contributed by atoms with E-state index in [9.17, 15) is 4.79 Å². The zero-order valence-corrected chi connectivity index (χ0v) is 10.8. The van der Waals surface area contributed by atoms with Crippen LogP contribution in [-0.4, -0.2) is 11.0 Å². The molecule has 1 unspecified atom stereocenters. The second-order valence-electron chi connectivity index (χ2n) is 4.74. The number of ether oxygens (including phenoxy) is 2. The van der Waals surface area contributed by atoms with E-state index in [4.69, 9.17) is 21.1 Å². The molecule has 0 spiro atoms. The van der Waals surface area contributed by atoms with Crippen molar-refractivity contribution < 1.29 is 14.3 Å². The van der Waals surface area contributed by atoms with Crippen LogP contribution in [0, 0.1) is 0 Å². The predicted octanol–water partition coefficient (Wildman–Crippen LogP) is 3.66. The van der Waals surface area contributed by atoms with E-state index >= 15 is 0 Å². The van der Waals surface area contributed by atoms with Crippen LogP contribution in [0.4, 0.5) is 0 Å². The van der Waals surface area contributed by atoms with Gasteiger partial charge in [0.2, 0.25) is 11.5 Å². The number of carbonyl (C=O) groups excluding carboxylic acids is 1. The van der Waals surface area contributed by atoms with E-state index in [0.29, 0.717) is 11.3 Å². The number of rotatable bonds is 0. The monoisotopic (exact) mass is 272 g/mol. The number of ketones is 1. The maximum absolute atomic E-state index is 12.5. The van der Waals surface area contributed by atoms with Gasteiger partial charge in [0, 0.05) is 23.4 Å². The molecule has 4 rings (SSSR count). The highest BCUT2D eigenvalue weighted by atomic mass is 35.5. The van der Waals surface area contributed by atoms with Crippen molar-refractivity contribution in [3.8, 4) is 0 Å². The van der Waals surface area contributed by atoms with Gasteiger partial charge in [0.25, 0.3) is 0 Å². The summed E-state index contributed by atoms with van der Waals surface area (Å²) in [6, 6.07) is 11.4. The maximum atomic E-state index is 12.5. The Bertz CT molecular complexity index is 769. The Kier molecular flexibility index (Phi) is 1.89. The minimum absolute atomic E-state index is 0.177. The van der Waals surface area contributed by atoms with Crippen molar-refractivity contribution in [2.75, 3.05) is 0 Å². The van der Waals surface area contributed by atoms with Gasteiger partial charge in [-0.3, -0.25) is 4.79 Å². The highest BCUT2D eigenvalue weighted by molar-refractivity contribution is 6.26. The third kappa shape index (κ3) is 1.36. The Hall–Kier alpha value is -2.00. The average molecular weight is 273 g/mol. The zero-order chi connectivity index (χ0) is 13.2. The van der Waals surface area contributed by atoms with Crippen molar-refractivity contribution in [1.29, 1.82) is 0 Å². The van der Waals surface area contributed by atoms with Crippen LogP contribution in [0.5, 0.6) is 0 Å². The first-order valence-electron chi connectivity index (χ1n) is 5.95. The Labute approximate surface area is 114 Å². The fourth-order valence-corrected chi connectivity index (χ4v) is 2.80. The SMILES string of the molecule is CC1(Cl)OC2=C(O1)c1cccc3cccc(c13)C2=O. The van der Waals surface area contributed by atoms with Gasteiger partial charge in [-0.2, -0.15) is 0 Å². The molecule has 3 nitrogen and oxygen atoms in total. The van der Waals surface area contributed by atoms with Crippen LogP contribution in [0.2, 0.25) is 0 Å². The number of hydrogen-bond donors (Lipinski definition) is 0. The summed E-state index contributed by atoms with van der Waals surface area (Å²) in [6.07, 6.45) is 0. The Morgan fingerprint density at radius 3 is 2.37 bits per heavy atom. The summed E-state index contributed by atoms with van der Waals surface area (Å²) in [4.78, 5) is 12.5. The summed E-state index contributed by atoms with van der Waals surface area (Å²) < 4.78 is 11.0. The number of hydrogen-bond acceptors (Lipinski definition) is 3. The van der Waals surface area contributed by atoms with E-state index in [2.05, 4.69) is 0 Å². The molecule has 2 aromatic carbocycles. The second-order valence-corrected chi connectivity index (χ2v) is 5.42. The lowest BCUT2D eigenvalue weighted by Crippen LogP contribution is -2.18. The second kappa shape index (κ2) is 3.31. The van der Waals surface area contributed by atoms with Gasteiger partial charge in [0.1, 0.15) is 0 Å². The molecule has 2 aromatic rings. The molecule has 0 radical (unpaired) electrons. The quantitative estimate of drug-likeness (QED) is 0.687. The van der Waals surface area contributed by atoms with Gasteiger partial charge in [-0.1, -0.05) is 36.4 Å². The van der Waals surface area contributed by atoms with Crippen molar-refractivity contribution in [2.24, 2.45) is 0 Å². The fraction of sp³-hybridized carbons (Fsp3) is 0.133. The van der Waals surface area contributed by atoms with Gasteiger partial charge in [-0.05, 0) is 17.0 Å². The highest BCUT2D eigenvalue weighted by Crippen LogP contribution is 2.45. The van der Waals surface area contributed by atoms with Crippen LogP contribution >= 0.6 is 11.6 Å².